The zero-order valence-electron chi connectivity index (χ0n) is 11.3. The maximum absolute atomic E-state index is 12.2. The summed E-state index contributed by atoms with van der Waals surface area (Å²) in [5, 5.41) is 15.1. The third-order valence-electron chi connectivity index (χ3n) is 3.24. The average Bonchev–Trinajstić information content (AvgIpc) is 3.32. The van der Waals surface area contributed by atoms with Crippen LogP contribution in [0.5, 0.6) is 0 Å². The van der Waals surface area contributed by atoms with E-state index < -0.39 is 0 Å². The molecule has 104 valence electrons. The monoisotopic (exact) mass is 278 g/mol. The standard InChI is InChI=1S/C16H14N4O/c17-8-11-3-1-2-4-15(11)20-16(21)12-7-14(10-18-9-12)19-13-5-6-13/h1-4,7,9-10,13,19H,5-6H2,(H,20,21). The molecule has 1 amide bonds. The molecule has 0 atom stereocenters. The minimum atomic E-state index is -0.273. The van der Waals surface area contributed by atoms with Crippen LogP contribution in [-0.2, 0) is 0 Å². The topological polar surface area (TPSA) is 77.8 Å². The molecule has 0 bridgehead atoms. The molecule has 1 saturated carbocycles. The summed E-state index contributed by atoms with van der Waals surface area (Å²) in [6, 6.07) is 11.2. The fourth-order valence-corrected chi connectivity index (χ4v) is 1.99. The maximum atomic E-state index is 12.2. The summed E-state index contributed by atoms with van der Waals surface area (Å²) >= 11 is 0. The summed E-state index contributed by atoms with van der Waals surface area (Å²) in [5.41, 5.74) is 2.25. The second kappa shape index (κ2) is 5.63. The molecule has 0 saturated heterocycles. The predicted molar refractivity (Wildman–Crippen MR) is 80.0 cm³/mol. The van der Waals surface area contributed by atoms with E-state index >= 15 is 0 Å². The van der Waals surface area contributed by atoms with Crippen LogP contribution in [0.2, 0.25) is 0 Å². The number of pyridine rings is 1. The van der Waals surface area contributed by atoms with Crippen LogP contribution in [0.4, 0.5) is 11.4 Å². The number of para-hydroxylation sites is 1. The van der Waals surface area contributed by atoms with Gasteiger partial charge in [0.25, 0.3) is 5.91 Å². The first-order chi connectivity index (χ1) is 10.3. The number of benzene rings is 1. The molecule has 1 aromatic carbocycles. The van der Waals surface area contributed by atoms with E-state index in [1.165, 1.54) is 6.20 Å². The van der Waals surface area contributed by atoms with Crippen LogP contribution in [0, 0.1) is 11.3 Å². The fraction of sp³-hybridized carbons (Fsp3) is 0.188. The zero-order valence-corrected chi connectivity index (χ0v) is 11.3. The summed E-state index contributed by atoms with van der Waals surface area (Å²) < 4.78 is 0. The smallest absolute Gasteiger partial charge is 0.257 e. The van der Waals surface area contributed by atoms with Gasteiger partial charge in [-0.1, -0.05) is 12.1 Å². The molecular formula is C16H14N4O. The van der Waals surface area contributed by atoms with Crippen molar-refractivity contribution in [2.45, 2.75) is 18.9 Å². The molecule has 21 heavy (non-hydrogen) atoms. The van der Waals surface area contributed by atoms with Gasteiger partial charge < -0.3 is 10.6 Å². The van der Waals surface area contributed by atoms with Gasteiger partial charge >= 0.3 is 0 Å². The number of nitriles is 1. The Kier molecular flexibility index (Phi) is 3.52. The Morgan fingerprint density at radius 3 is 2.86 bits per heavy atom. The van der Waals surface area contributed by atoms with Crippen LogP contribution in [0.1, 0.15) is 28.8 Å². The van der Waals surface area contributed by atoms with E-state index in [-0.39, 0.29) is 5.91 Å². The number of anilines is 2. The largest absolute Gasteiger partial charge is 0.381 e. The van der Waals surface area contributed by atoms with Crippen molar-refractivity contribution in [2.75, 3.05) is 10.6 Å². The molecule has 2 aromatic rings. The first kappa shape index (κ1) is 13.1. The van der Waals surface area contributed by atoms with Crippen LogP contribution in [0.3, 0.4) is 0 Å². The van der Waals surface area contributed by atoms with Crippen LogP contribution >= 0.6 is 0 Å². The molecule has 0 aliphatic heterocycles. The molecule has 1 aliphatic carbocycles. The number of hydrogen-bond donors (Lipinski definition) is 2. The lowest BCUT2D eigenvalue weighted by Gasteiger charge is -2.08. The minimum Gasteiger partial charge on any atom is -0.381 e. The van der Waals surface area contributed by atoms with E-state index in [1.807, 2.05) is 0 Å². The second-order valence-electron chi connectivity index (χ2n) is 4.99. The summed E-state index contributed by atoms with van der Waals surface area (Å²) in [6.07, 6.45) is 5.54. The minimum absolute atomic E-state index is 0.273. The van der Waals surface area contributed by atoms with Gasteiger partial charge in [0.1, 0.15) is 6.07 Å². The van der Waals surface area contributed by atoms with E-state index in [9.17, 15) is 4.79 Å². The number of carbonyl (C=O) groups is 1. The summed E-state index contributed by atoms with van der Waals surface area (Å²) in [4.78, 5) is 16.3. The van der Waals surface area contributed by atoms with E-state index in [0.717, 1.165) is 18.5 Å². The zero-order chi connectivity index (χ0) is 14.7. The van der Waals surface area contributed by atoms with Crippen molar-refractivity contribution >= 4 is 17.3 Å². The van der Waals surface area contributed by atoms with Crippen LogP contribution in [0.15, 0.2) is 42.7 Å². The Balaban J connectivity index is 1.77. The molecule has 0 spiro atoms. The van der Waals surface area contributed by atoms with Crippen LogP contribution in [-0.4, -0.2) is 16.9 Å². The molecule has 1 heterocycles. The first-order valence-electron chi connectivity index (χ1n) is 6.78. The summed E-state index contributed by atoms with van der Waals surface area (Å²) in [6.45, 7) is 0. The van der Waals surface area contributed by atoms with Crippen molar-refractivity contribution in [3.63, 3.8) is 0 Å². The van der Waals surface area contributed by atoms with Crippen LogP contribution < -0.4 is 10.6 Å². The molecule has 3 rings (SSSR count). The highest BCUT2D eigenvalue weighted by molar-refractivity contribution is 6.05. The number of rotatable bonds is 4. The SMILES string of the molecule is N#Cc1ccccc1NC(=O)c1cncc(NC2CC2)c1. The van der Waals surface area contributed by atoms with Gasteiger partial charge in [-0.2, -0.15) is 5.26 Å². The number of hydrogen-bond acceptors (Lipinski definition) is 4. The predicted octanol–water partition coefficient (Wildman–Crippen LogP) is 2.78. The number of carbonyl (C=O) groups excluding carboxylic acids is 1. The van der Waals surface area contributed by atoms with Crippen molar-refractivity contribution in [2.24, 2.45) is 0 Å². The Morgan fingerprint density at radius 2 is 2.10 bits per heavy atom. The molecule has 5 nitrogen and oxygen atoms in total. The van der Waals surface area contributed by atoms with Crippen molar-refractivity contribution in [1.82, 2.24) is 4.98 Å². The number of nitrogens with zero attached hydrogens (tertiary/aromatic N) is 2. The Labute approximate surface area is 122 Å². The molecule has 1 aliphatic rings. The fourth-order valence-electron chi connectivity index (χ4n) is 1.99. The molecule has 2 N–H and O–H groups in total. The second-order valence-corrected chi connectivity index (χ2v) is 4.99. The van der Waals surface area contributed by atoms with Gasteiger partial charge in [0.05, 0.1) is 22.5 Å². The highest BCUT2D eigenvalue weighted by atomic mass is 16.1. The van der Waals surface area contributed by atoms with E-state index in [4.69, 9.17) is 5.26 Å². The average molecular weight is 278 g/mol. The van der Waals surface area contributed by atoms with Gasteiger partial charge in [0.15, 0.2) is 0 Å². The van der Waals surface area contributed by atoms with Gasteiger partial charge in [-0.05, 0) is 31.0 Å². The normalized spacial score (nSPS) is 13.3. The molecule has 0 radical (unpaired) electrons. The van der Waals surface area contributed by atoms with Gasteiger partial charge in [0, 0.05) is 18.4 Å². The quantitative estimate of drug-likeness (QED) is 0.901. The molecule has 1 aromatic heterocycles. The Bertz CT molecular complexity index is 716. The lowest BCUT2D eigenvalue weighted by atomic mass is 10.2. The molecule has 5 heteroatoms. The van der Waals surface area contributed by atoms with Crippen molar-refractivity contribution in [1.29, 1.82) is 5.26 Å². The highest BCUT2D eigenvalue weighted by Crippen LogP contribution is 2.24. The van der Waals surface area contributed by atoms with Crippen LogP contribution in [0.25, 0.3) is 0 Å². The lowest BCUT2D eigenvalue weighted by Crippen LogP contribution is -2.14. The van der Waals surface area contributed by atoms with E-state index in [0.29, 0.717) is 22.9 Å². The number of aromatic nitrogens is 1. The molecule has 1 fully saturated rings. The van der Waals surface area contributed by atoms with Crippen molar-refractivity contribution in [3.05, 3.63) is 53.9 Å². The maximum Gasteiger partial charge on any atom is 0.257 e. The summed E-state index contributed by atoms with van der Waals surface area (Å²) in [7, 11) is 0. The molecular weight excluding hydrogens is 264 g/mol. The van der Waals surface area contributed by atoms with Gasteiger partial charge in [-0.3, -0.25) is 9.78 Å². The first-order valence-corrected chi connectivity index (χ1v) is 6.78. The van der Waals surface area contributed by atoms with E-state index in [2.05, 4.69) is 21.7 Å². The van der Waals surface area contributed by atoms with Gasteiger partial charge in [-0.25, -0.2) is 0 Å². The van der Waals surface area contributed by atoms with Crippen molar-refractivity contribution in [3.8, 4) is 6.07 Å². The van der Waals surface area contributed by atoms with Gasteiger partial charge in [0.2, 0.25) is 0 Å². The molecule has 0 unspecified atom stereocenters. The third-order valence-corrected chi connectivity index (χ3v) is 3.24. The summed E-state index contributed by atoms with van der Waals surface area (Å²) in [5.74, 6) is -0.273. The number of nitrogens with one attached hydrogen (secondary N) is 2. The third kappa shape index (κ3) is 3.18. The highest BCUT2D eigenvalue weighted by Gasteiger charge is 2.21. The van der Waals surface area contributed by atoms with Gasteiger partial charge in [-0.15, -0.1) is 0 Å². The lowest BCUT2D eigenvalue weighted by molar-refractivity contribution is 0.102. The van der Waals surface area contributed by atoms with E-state index in [1.54, 1.807) is 36.5 Å². The Hall–Kier alpha value is -2.87. The Morgan fingerprint density at radius 1 is 1.29 bits per heavy atom. The van der Waals surface area contributed by atoms with Crippen molar-refractivity contribution < 1.29 is 4.79 Å². The number of amides is 1.